The molecule has 234 valence electrons. The first kappa shape index (κ1) is 28.7. The summed E-state index contributed by atoms with van der Waals surface area (Å²) in [4.78, 5) is 5.38. The van der Waals surface area contributed by atoms with Crippen molar-refractivity contribution in [2.24, 2.45) is 0 Å². The molecule has 10 aromatic rings. The van der Waals surface area contributed by atoms with Gasteiger partial charge < -0.3 is 4.57 Å². The van der Waals surface area contributed by atoms with Gasteiger partial charge >= 0.3 is 0 Å². The second kappa shape index (κ2) is 11.7. The number of hydrogen-bond donors (Lipinski definition) is 0. The molecule has 2 nitrogen and oxygen atoms in total. The first-order chi connectivity index (χ1) is 24.8. The van der Waals surface area contributed by atoms with Crippen LogP contribution in [-0.2, 0) is 0 Å². The van der Waals surface area contributed by atoms with E-state index in [1.807, 2.05) is 11.3 Å². The lowest BCUT2D eigenvalue weighted by Crippen LogP contribution is -1.95. The van der Waals surface area contributed by atoms with Crippen molar-refractivity contribution in [2.75, 3.05) is 0 Å². The zero-order valence-corrected chi connectivity index (χ0v) is 27.9. The lowest BCUT2D eigenvalue weighted by Gasteiger charge is -2.13. The number of fused-ring (bicyclic) bond motifs is 6. The average molecular weight is 655 g/mol. The molecule has 3 heterocycles. The maximum absolute atomic E-state index is 5.38. The van der Waals surface area contributed by atoms with Gasteiger partial charge in [-0.05, 0) is 64.7 Å². The Morgan fingerprint density at radius 3 is 1.64 bits per heavy atom. The fourth-order valence-corrected chi connectivity index (χ4v) is 8.62. The van der Waals surface area contributed by atoms with Gasteiger partial charge in [-0.15, -0.1) is 11.3 Å². The summed E-state index contributed by atoms with van der Waals surface area (Å²) in [6, 6.07) is 65.4. The molecule has 50 heavy (non-hydrogen) atoms. The SMILES string of the molecule is c1ccc(-c2ccc(-c3cc(-c4ccc(-n5c6ccccc6c6ccccc65)cc4)nc(-c4cccc5c4sc4ccccc45)c3)cc2)cc1. The topological polar surface area (TPSA) is 17.8 Å². The van der Waals surface area contributed by atoms with Crippen molar-refractivity contribution >= 4 is 53.3 Å². The maximum atomic E-state index is 5.38. The molecule has 0 aliphatic rings. The van der Waals surface area contributed by atoms with Crippen LogP contribution in [0.25, 0.3) is 92.4 Å². The monoisotopic (exact) mass is 654 g/mol. The summed E-state index contributed by atoms with van der Waals surface area (Å²) in [5, 5.41) is 5.10. The summed E-state index contributed by atoms with van der Waals surface area (Å²) >= 11 is 1.85. The average Bonchev–Trinajstić information content (AvgIpc) is 3.74. The van der Waals surface area contributed by atoms with E-state index in [0.29, 0.717) is 0 Å². The van der Waals surface area contributed by atoms with Crippen molar-refractivity contribution in [3.05, 3.63) is 182 Å². The zero-order valence-electron chi connectivity index (χ0n) is 27.1. The van der Waals surface area contributed by atoms with E-state index >= 15 is 0 Å². The minimum atomic E-state index is 0.955. The van der Waals surface area contributed by atoms with Gasteiger partial charge in [-0.1, -0.05) is 140 Å². The van der Waals surface area contributed by atoms with Crippen LogP contribution in [0.5, 0.6) is 0 Å². The highest BCUT2D eigenvalue weighted by Gasteiger charge is 2.16. The summed E-state index contributed by atoms with van der Waals surface area (Å²) in [5.74, 6) is 0. The third-order valence-electron chi connectivity index (χ3n) is 9.83. The Hall–Kier alpha value is -6.29. The van der Waals surface area contributed by atoms with E-state index in [4.69, 9.17) is 4.98 Å². The van der Waals surface area contributed by atoms with E-state index in [9.17, 15) is 0 Å². The van der Waals surface area contributed by atoms with Crippen LogP contribution in [0, 0.1) is 0 Å². The minimum absolute atomic E-state index is 0.955. The predicted molar refractivity (Wildman–Crippen MR) is 213 cm³/mol. The Balaban J connectivity index is 1.13. The van der Waals surface area contributed by atoms with E-state index in [1.54, 1.807) is 0 Å². The Labute approximate surface area is 294 Å². The van der Waals surface area contributed by atoms with Gasteiger partial charge in [-0.3, -0.25) is 0 Å². The van der Waals surface area contributed by atoms with E-state index in [0.717, 1.165) is 33.8 Å². The van der Waals surface area contributed by atoms with Gasteiger partial charge in [0.15, 0.2) is 0 Å². The second-order valence-corrected chi connectivity index (χ2v) is 13.8. The van der Waals surface area contributed by atoms with Crippen LogP contribution in [0.1, 0.15) is 0 Å². The van der Waals surface area contributed by atoms with Crippen LogP contribution in [0.2, 0.25) is 0 Å². The number of nitrogens with zero attached hydrogens (tertiary/aromatic N) is 2. The minimum Gasteiger partial charge on any atom is -0.309 e. The second-order valence-electron chi connectivity index (χ2n) is 12.8. The maximum Gasteiger partial charge on any atom is 0.0730 e. The summed E-state index contributed by atoms with van der Waals surface area (Å²) < 4.78 is 4.93. The van der Waals surface area contributed by atoms with Gasteiger partial charge in [0.05, 0.1) is 22.4 Å². The number of thiophene rings is 1. The Morgan fingerprint density at radius 2 is 0.920 bits per heavy atom. The number of hydrogen-bond acceptors (Lipinski definition) is 2. The molecule has 0 saturated carbocycles. The molecule has 3 heteroatoms. The van der Waals surface area contributed by atoms with Crippen molar-refractivity contribution in [3.63, 3.8) is 0 Å². The van der Waals surface area contributed by atoms with Crippen molar-refractivity contribution in [1.29, 1.82) is 0 Å². The molecule has 0 atom stereocenters. The van der Waals surface area contributed by atoms with E-state index < -0.39 is 0 Å². The quantitative estimate of drug-likeness (QED) is 0.181. The van der Waals surface area contributed by atoms with Crippen molar-refractivity contribution in [2.45, 2.75) is 0 Å². The first-order valence-electron chi connectivity index (χ1n) is 17.0. The number of rotatable bonds is 5. The van der Waals surface area contributed by atoms with Gasteiger partial charge in [-0.25, -0.2) is 4.98 Å². The fourth-order valence-electron chi connectivity index (χ4n) is 7.40. The lowest BCUT2D eigenvalue weighted by molar-refractivity contribution is 1.18. The third kappa shape index (κ3) is 4.74. The molecule has 0 unspecified atom stereocenters. The summed E-state index contributed by atoms with van der Waals surface area (Å²) in [5.41, 5.74) is 12.5. The van der Waals surface area contributed by atoms with Crippen molar-refractivity contribution in [3.8, 4) is 50.5 Å². The van der Waals surface area contributed by atoms with Gasteiger partial charge in [-0.2, -0.15) is 0 Å². The molecule has 0 radical (unpaired) electrons. The smallest absolute Gasteiger partial charge is 0.0730 e. The number of aromatic nitrogens is 2. The van der Waals surface area contributed by atoms with Crippen LogP contribution in [0.3, 0.4) is 0 Å². The third-order valence-corrected chi connectivity index (χ3v) is 11.1. The van der Waals surface area contributed by atoms with Crippen LogP contribution in [0.15, 0.2) is 182 Å². The largest absolute Gasteiger partial charge is 0.309 e. The molecule has 0 spiro atoms. The summed E-state index contributed by atoms with van der Waals surface area (Å²) in [6.07, 6.45) is 0. The lowest BCUT2D eigenvalue weighted by atomic mass is 9.97. The van der Waals surface area contributed by atoms with Crippen LogP contribution >= 0.6 is 11.3 Å². The molecular weight excluding hydrogens is 625 g/mol. The predicted octanol–water partition coefficient (Wildman–Crippen LogP) is 13.2. The van der Waals surface area contributed by atoms with Crippen molar-refractivity contribution in [1.82, 2.24) is 9.55 Å². The van der Waals surface area contributed by atoms with Gasteiger partial charge in [0, 0.05) is 47.8 Å². The van der Waals surface area contributed by atoms with Crippen LogP contribution in [0.4, 0.5) is 0 Å². The number of pyridine rings is 1. The highest BCUT2D eigenvalue weighted by molar-refractivity contribution is 7.26. The zero-order chi connectivity index (χ0) is 33.0. The Kier molecular flexibility index (Phi) is 6.71. The molecule has 0 saturated heterocycles. The van der Waals surface area contributed by atoms with Crippen molar-refractivity contribution < 1.29 is 0 Å². The van der Waals surface area contributed by atoms with E-state index in [-0.39, 0.29) is 0 Å². The highest BCUT2D eigenvalue weighted by atomic mass is 32.1. The van der Waals surface area contributed by atoms with E-state index in [2.05, 4.69) is 187 Å². The molecule has 0 N–H and O–H groups in total. The molecule has 0 bridgehead atoms. The number of para-hydroxylation sites is 2. The van der Waals surface area contributed by atoms with E-state index in [1.165, 1.54) is 58.7 Å². The highest BCUT2D eigenvalue weighted by Crippen LogP contribution is 2.41. The summed E-state index contributed by atoms with van der Waals surface area (Å²) in [7, 11) is 0. The summed E-state index contributed by atoms with van der Waals surface area (Å²) in [6.45, 7) is 0. The molecule has 0 fully saturated rings. The molecule has 10 rings (SSSR count). The fraction of sp³-hybridized carbons (Fsp3) is 0. The van der Waals surface area contributed by atoms with Gasteiger partial charge in [0.1, 0.15) is 0 Å². The standard InChI is InChI=1S/C47H30N2S/c1-2-11-31(12-3-1)32-21-23-33(24-22-32)35-29-42(48-43(30-35)41-17-10-16-40-39-15-6-9-20-46(39)50-47(40)41)34-25-27-36(28-26-34)49-44-18-7-4-13-37(44)38-14-5-8-19-45(38)49/h1-30H. The molecule has 7 aromatic carbocycles. The number of benzene rings is 7. The molecule has 0 amide bonds. The van der Waals surface area contributed by atoms with Crippen LogP contribution in [-0.4, -0.2) is 9.55 Å². The van der Waals surface area contributed by atoms with Gasteiger partial charge in [0.2, 0.25) is 0 Å². The Morgan fingerprint density at radius 1 is 0.380 bits per heavy atom. The van der Waals surface area contributed by atoms with Crippen LogP contribution < -0.4 is 0 Å². The molecule has 3 aromatic heterocycles. The Bertz CT molecular complexity index is 2790. The van der Waals surface area contributed by atoms with Gasteiger partial charge in [0.25, 0.3) is 0 Å². The first-order valence-corrected chi connectivity index (χ1v) is 17.8. The molecular formula is C47H30N2S. The molecule has 0 aliphatic carbocycles. The normalized spacial score (nSPS) is 11.6. The molecule has 0 aliphatic heterocycles.